The molecule has 1 aliphatic rings. The van der Waals surface area contributed by atoms with Crippen LogP contribution in [0.5, 0.6) is 5.75 Å². The van der Waals surface area contributed by atoms with Gasteiger partial charge in [-0.15, -0.1) is 24.5 Å². The molecule has 8 nitrogen and oxygen atoms in total. The zero-order valence-electron chi connectivity index (χ0n) is 17.6. The first-order valence-corrected chi connectivity index (χ1v) is 10.9. The van der Waals surface area contributed by atoms with Gasteiger partial charge in [-0.1, -0.05) is 0 Å². The number of halogens is 3. The molecule has 1 aliphatic heterocycles. The maximum atomic E-state index is 12.8. The normalized spacial score (nSPS) is 14.8. The number of ether oxygens (including phenoxy) is 1. The largest absolute Gasteiger partial charge is 0.573 e. The minimum Gasteiger partial charge on any atom is -0.404 e. The highest BCUT2D eigenvalue weighted by Crippen LogP contribution is 2.35. The molecule has 0 radical (unpaired) electrons. The number of pyridine rings is 1. The summed E-state index contributed by atoms with van der Waals surface area (Å²) in [6.45, 7) is 3.64. The molecule has 3 heterocycles. The van der Waals surface area contributed by atoms with Gasteiger partial charge < -0.3 is 25.6 Å². The average Bonchev–Trinajstić information content (AvgIpc) is 3.23. The highest BCUT2D eigenvalue weighted by Gasteiger charge is 2.32. The van der Waals surface area contributed by atoms with Crippen LogP contribution in [0.3, 0.4) is 0 Å². The van der Waals surface area contributed by atoms with Gasteiger partial charge in [-0.2, -0.15) is 0 Å². The predicted octanol–water partition coefficient (Wildman–Crippen LogP) is 3.70. The lowest BCUT2D eigenvalue weighted by molar-refractivity contribution is -0.274. The summed E-state index contributed by atoms with van der Waals surface area (Å²) in [5.74, 6) is -0.423. The number of nitrogens with two attached hydrogens (primary N) is 1. The fourth-order valence-electron chi connectivity index (χ4n) is 3.36. The molecule has 4 rings (SSSR count). The van der Waals surface area contributed by atoms with Crippen LogP contribution in [0, 0.1) is 0 Å². The lowest BCUT2D eigenvalue weighted by Gasteiger charge is -2.33. The van der Waals surface area contributed by atoms with Crippen LogP contribution in [0.15, 0.2) is 41.9 Å². The monoisotopic (exact) mass is 478 g/mol. The fourth-order valence-corrected chi connectivity index (χ4v) is 4.09. The van der Waals surface area contributed by atoms with Crippen LogP contribution >= 0.6 is 11.3 Å². The summed E-state index contributed by atoms with van der Waals surface area (Å²) in [5, 5.41) is 4.92. The molecule has 0 atom stereocenters. The molecule has 0 aliphatic carbocycles. The lowest BCUT2D eigenvalue weighted by atomic mass is 10.2. The molecule has 0 spiro atoms. The van der Waals surface area contributed by atoms with Gasteiger partial charge in [0, 0.05) is 48.9 Å². The van der Waals surface area contributed by atoms with Crippen LogP contribution in [0.1, 0.15) is 10.4 Å². The summed E-state index contributed by atoms with van der Waals surface area (Å²) in [7, 11) is 2.08. The number of alkyl halides is 3. The van der Waals surface area contributed by atoms with Crippen molar-refractivity contribution in [2.24, 2.45) is 5.73 Å². The predicted molar refractivity (Wildman–Crippen MR) is 120 cm³/mol. The smallest absolute Gasteiger partial charge is 0.404 e. The molecular weight excluding hydrogens is 457 g/mol. The Morgan fingerprint density at radius 2 is 1.94 bits per heavy atom. The molecule has 1 aromatic carbocycles. The molecule has 174 valence electrons. The Balaban J connectivity index is 1.56. The van der Waals surface area contributed by atoms with E-state index in [1.54, 1.807) is 11.6 Å². The third kappa shape index (κ3) is 5.71. The van der Waals surface area contributed by atoms with Gasteiger partial charge >= 0.3 is 6.36 Å². The zero-order chi connectivity index (χ0) is 23.6. The van der Waals surface area contributed by atoms with Crippen molar-refractivity contribution in [2.45, 2.75) is 6.36 Å². The van der Waals surface area contributed by atoms with E-state index in [2.05, 4.69) is 36.9 Å². The van der Waals surface area contributed by atoms with Gasteiger partial charge in [-0.3, -0.25) is 4.79 Å². The van der Waals surface area contributed by atoms with Gasteiger partial charge in [0.2, 0.25) is 5.91 Å². The summed E-state index contributed by atoms with van der Waals surface area (Å²) in [5.41, 5.74) is 6.70. The number of nitrogens with one attached hydrogen (secondary N) is 1. The molecule has 1 amide bonds. The van der Waals surface area contributed by atoms with E-state index in [9.17, 15) is 18.0 Å². The Labute approximate surface area is 191 Å². The number of hydrogen-bond acceptors (Lipinski definition) is 8. The molecule has 33 heavy (non-hydrogen) atoms. The van der Waals surface area contributed by atoms with Crippen molar-refractivity contribution in [3.63, 3.8) is 0 Å². The van der Waals surface area contributed by atoms with Crippen LogP contribution in [0.2, 0.25) is 0 Å². The number of anilines is 3. The SMILES string of the molecule is CN1CCN(c2cc(-c3csc(Nc4cc(C(N)=O)ccc4OC(F)(F)F)n3)ccn2)CC1. The van der Waals surface area contributed by atoms with Crippen molar-refractivity contribution >= 4 is 33.9 Å². The number of aromatic nitrogens is 2. The van der Waals surface area contributed by atoms with E-state index < -0.39 is 18.0 Å². The minimum absolute atomic E-state index is 0.0368. The number of benzene rings is 1. The number of piperazine rings is 1. The summed E-state index contributed by atoms with van der Waals surface area (Å²) in [4.78, 5) is 24.9. The van der Waals surface area contributed by atoms with Gasteiger partial charge in [0.1, 0.15) is 5.82 Å². The molecule has 2 aromatic heterocycles. The Bertz CT molecular complexity index is 1150. The summed E-state index contributed by atoms with van der Waals surface area (Å²) < 4.78 is 42.4. The minimum atomic E-state index is -4.89. The highest BCUT2D eigenvalue weighted by atomic mass is 32.1. The van der Waals surface area contributed by atoms with Crippen molar-refractivity contribution in [1.82, 2.24) is 14.9 Å². The number of carbonyl (C=O) groups excluding carboxylic acids is 1. The van der Waals surface area contributed by atoms with Crippen LogP contribution < -0.4 is 20.7 Å². The van der Waals surface area contributed by atoms with E-state index in [1.807, 2.05) is 12.1 Å². The van der Waals surface area contributed by atoms with Crippen molar-refractivity contribution < 1.29 is 22.7 Å². The zero-order valence-corrected chi connectivity index (χ0v) is 18.4. The second-order valence-electron chi connectivity index (χ2n) is 7.48. The summed E-state index contributed by atoms with van der Waals surface area (Å²) in [6.07, 6.45) is -3.18. The van der Waals surface area contributed by atoms with Gasteiger partial charge in [0.05, 0.1) is 11.4 Å². The van der Waals surface area contributed by atoms with Gasteiger partial charge in [0.15, 0.2) is 10.9 Å². The van der Waals surface area contributed by atoms with E-state index >= 15 is 0 Å². The number of amides is 1. The second-order valence-corrected chi connectivity index (χ2v) is 8.34. The van der Waals surface area contributed by atoms with Crippen LogP contribution in [0.25, 0.3) is 11.3 Å². The molecule has 0 bridgehead atoms. The van der Waals surface area contributed by atoms with Gasteiger partial charge in [0.25, 0.3) is 0 Å². The molecule has 1 saturated heterocycles. The standard InChI is InChI=1S/C21H21F3N6O2S/c1-29-6-8-30(9-7-29)18-11-13(4-5-26-18)16-12-33-20(28-16)27-15-10-14(19(25)31)2-3-17(15)32-21(22,23)24/h2-5,10-12H,6-9H2,1H3,(H2,25,31)(H,27,28). The molecular formula is C21H21F3N6O2S. The highest BCUT2D eigenvalue weighted by molar-refractivity contribution is 7.14. The Hall–Kier alpha value is -3.38. The average molecular weight is 479 g/mol. The number of thiazole rings is 1. The van der Waals surface area contributed by atoms with Crippen molar-refractivity contribution in [1.29, 1.82) is 0 Å². The van der Waals surface area contributed by atoms with Crippen molar-refractivity contribution in [2.75, 3.05) is 43.4 Å². The number of nitrogens with zero attached hydrogens (tertiary/aromatic N) is 4. The molecule has 3 aromatic rings. The second kappa shape index (κ2) is 9.24. The number of rotatable bonds is 6. The number of carbonyl (C=O) groups is 1. The third-order valence-electron chi connectivity index (χ3n) is 5.10. The lowest BCUT2D eigenvalue weighted by Crippen LogP contribution is -2.44. The van der Waals surface area contributed by atoms with Crippen LogP contribution in [-0.4, -0.2) is 60.4 Å². The molecule has 3 N–H and O–H groups in total. The molecule has 12 heteroatoms. The first kappa shape index (κ1) is 22.8. The Kier molecular flexibility index (Phi) is 6.38. The molecule has 0 unspecified atom stereocenters. The Morgan fingerprint density at radius 3 is 2.64 bits per heavy atom. The van der Waals surface area contributed by atoms with E-state index in [1.165, 1.54) is 23.5 Å². The van der Waals surface area contributed by atoms with Gasteiger partial charge in [-0.05, 0) is 37.4 Å². The quantitative estimate of drug-likeness (QED) is 0.558. The van der Waals surface area contributed by atoms with Crippen LogP contribution in [-0.2, 0) is 0 Å². The van der Waals surface area contributed by atoms with Crippen molar-refractivity contribution in [3.05, 3.63) is 47.5 Å². The number of primary amides is 1. The summed E-state index contributed by atoms with van der Waals surface area (Å²) >= 11 is 1.21. The van der Waals surface area contributed by atoms with E-state index in [0.29, 0.717) is 10.8 Å². The number of likely N-dealkylation sites (N-methyl/N-ethyl adjacent to an activating group) is 1. The van der Waals surface area contributed by atoms with Gasteiger partial charge in [-0.25, -0.2) is 9.97 Å². The van der Waals surface area contributed by atoms with E-state index in [0.717, 1.165) is 43.6 Å². The topological polar surface area (TPSA) is 96.6 Å². The Morgan fingerprint density at radius 1 is 1.18 bits per heavy atom. The van der Waals surface area contributed by atoms with Crippen LogP contribution in [0.4, 0.5) is 29.8 Å². The first-order chi connectivity index (χ1) is 15.7. The number of hydrogen-bond donors (Lipinski definition) is 2. The maximum absolute atomic E-state index is 12.8. The van der Waals surface area contributed by atoms with Crippen molar-refractivity contribution in [3.8, 4) is 17.0 Å². The molecule has 1 fully saturated rings. The fraction of sp³-hybridized carbons (Fsp3) is 0.286. The summed E-state index contributed by atoms with van der Waals surface area (Å²) in [6, 6.07) is 7.16. The maximum Gasteiger partial charge on any atom is 0.573 e. The molecule has 0 saturated carbocycles. The third-order valence-corrected chi connectivity index (χ3v) is 5.86. The first-order valence-electron chi connectivity index (χ1n) is 10.00. The van der Waals surface area contributed by atoms with E-state index in [-0.39, 0.29) is 11.3 Å². The van der Waals surface area contributed by atoms with E-state index in [4.69, 9.17) is 5.73 Å².